The summed E-state index contributed by atoms with van der Waals surface area (Å²) in [5, 5.41) is 44.7. The quantitative estimate of drug-likeness (QED) is 0.0653. The van der Waals surface area contributed by atoms with E-state index in [1.165, 1.54) is 45.1 Å². The zero-order chi connectivity index (χ0) is 29.3. The van der Waals surface area contributed by atoms with Crippen LogP contribution in [-0.2, 0) is 25.8 Å². The highest BCUT2D eigenvalue weighted by molar-refractivity contribution is 8.06. The first kappa shape index (κ1) is 28.4. The van der Waals surface area contributed by atoms with Crippen LogP contribution >= 0.6 is 46.2 Å². The number of hydrogen-bond donors (Lipinski definition) is 5. The van der Waals surface area contributed by atoms with E-state index in [2.05, 4.69) is 25.7 Å². The number of carboxylic acid groups (broad SMARTS) is 1. The molecule has 41 heavy (non-hydrogen) atoms. The maximum atomic E-state index is 13.2. The molecule has 0 unspecified atom stereocenters. The number of rotatable bonds is 10. The van der Waals surface area contributed by atoms with Crippen molar-refractivity contribution in [2.75, 3.05) is 17.2 Å². The predicted molar refractivity (Wildman–Crippen MR) is 148 cm³/mol. The first-order chi connectivity index (χ1) is 19.6. The molecule has 214 valence electrons. The number of nitrogens with zero attached hydrogens (tertiary/aromatic N) is 6. The normalized spacial score (nSPS) is 18.6. The van der Waals surface area contributed by atoms with Gasteiger partial charge in [0.1, 0.15) is 28.6 Å². The second kappa shape index (κ2) is 11.8. The van der Waals surface area contributed by atoms with Crippen LogP contribution in [0.4, 0.5) is 5.13 Å². The van der Waals surface area contributed by atoms with Crippen LogP contribution in [0.1, 0.15) is 11.4 Å². The maximum Gasteiger partial charge on any atom is 0.353 e. The summed E-state index contributed by atoms with van der Waals surface area (Å²) >= 11 is 4.93. The molecule has 3 aromatic heterocycles. The van der Waals surface area contributed by atoms with Gasteiger partial charge in [0, 0.05) is 27.9 Å². The second-order valence-corrected chi connectivity index (χ2v) is 12.3. The van der Waals surface area contributed by atoms with Gasteiger partial charge >= 0.3 is 5.97 Å². The number of fused-ring (bicyclic) bond motifs is 1. The summed E-state index contributed by atoms with van der Waals surface area (Å²) in [6.45, 7) is -0.470. The number of pyridine rings is 1. The van der Waals surface area contributed by atoms with Gasteiger partial charge in [0.25, 0.3) is 11.8 Å². The SMILES string of the molecule is Nc1nc(/C(=N/OCc2cc(=O)c(O)cn2O)C(=O)N[C@@H]2C(=O)N3C(C(=O)O)=C(CSc4nncs4)SC[C@H]23)cs1. The number of nitrogens with two attached hydrogens (primary N) is 1. The Hall–Kier alpha value is -4.14. The lowest BCUT2D eigenvalue weighted by molar-refractivity contribution is -0.153. The van der Waals surface area contributed by atoms with Crippen LogP contribution in [0.5, 0.6) is 5.75 Å². The summed E-state index contributed by atoms with van der Waals surface area (Å²) in [5.74, 6) is -2.77. The molecule has 0 spiro atoms. The molecular weight excluding hydrogens is 621 g/mol. The highest BCUT2D eigenvalue weighted by Crippen LogP contribution is 2.41. The molecule has 1 saturated heterocycles. The number of carbonyl (C=O) groups is 3. The second-order valence-electron chi connectivity index (χ2n) is 8.25. The summed E-state index contributed by atoms with van der Waals surface area (Å²) in [6, 6.07) is -0.744. The number of nitrogens with one attached hydrogen (secondary N) is 1. The van der Waals surface area contributed by atoms with Crippen molar-refractivity contribution < 1.29 is 34.6 Å². The highest BCUT2D eigenvalue weighted by atomic mass is 32.2. The zero-order valence-corrected chi connectivity index (χ0v) is 23.6. The zero-order valence-electron chi connectivity index (χ0n) is 20.4. The lowest BCUT2D eigenvalue weighted by atomic mass is 9.94. The van der Waals surface area contributed by atoms with Crippen molar-refractivity contribution in [3.05, 3.63) is 55.4 Å². The number of anilines is 1. The number of aliphatic carboxylic acids is 1. The Morgan fingerprint density at radius 3 is 2.80 bits per heavy atom. The van der Waals surface area contributed by atoms with E-state index in [0.29, 0.717) is 19.7 Å². The lowest BCUT2D eigenvalue weighted by Crippen LogP contribution is -2.73. The van der Waals surface area contributed by atoms with Crippen LogP contribution < -0.4 is 16.5 Å². The minimum absolute atomic E-state index is 0.0425. The number of carbonyl (C=O) groups excluding carboxylic acids is 2. The predicted octanol–water partition coefficient (Wildman–Crippen LogP) is 0.133. The van der Waals surface area contributed by atoms with Crippen molar-refractivity contribution in [3.63, 3.8) is 0 Å². The monoisotopic (exact) mass is 638 g/mol. The van der Waals surface area contributed by atoms with Gasteiger partial charge < -0.3 is 31.3 Å². The van der Waals surface area contributed by atoms with Gasteiger partial charge in [-0.2, -0.15) is 4.73 Å². The van der Waals surface area contributed by atoms with Crippen molar-refractivity contribution in [1.82, 2.24) is 30.1 Å². The fourth-order valence-electron chi connectivity index (χ4n) is 3.86. The molecule has 0 aromatic carbocycles. The van der Waals surface area contributed by atoms with E-state index in [9.17, 15) is 34.6 Å². The largest absolute Gasteiger partial charge is 0.503 e. The average Bonchev–Trinajstić information content (AvgIpc) is 3.62. The summed E-state index contributed by atoms with van der Waals surface area (Å²) in [5.41, 5.74) is 5.97. The molecule has 2 amide bonds. The van der Waals surface area contributed by atoms with Crippen LogP contribution in [-0.4, -0.2) is 87.3 Å². The molecule has 2 aliphatic heterocycles. The number of β-lactam (4-membered cyclic amide) rings is 1. The Morgan fingerprint density at radius 2 is 2.12 bits per heavy atom. The van der Waals surface area contributed by atoms with Crippen molar-refractivity contribution in [2.24, 2.45) is 5.16 Å². The number of hydrogen-bond acceptors (Lipinski definition) is 16. The van der Waals surface area contributed by atoms with E-state index in [1.54, 1.807) is 5.51 Å². The van der Waals surface area contributed by atoms with Gasteiger partial charge in [-0.1, -0.05) is 28.3 Å². The number of thioether (sulfide) groups is 2. The number of carboxylic acids is 1. The van der Waals surface area contributed by atoms with Crippen molar-refractivity contribution >= 4 is 74.8 Å². The molecule has 5 rings (SSSR count). The molecule has 16 nitrogen and oxygen atoms in total. The van der Waals surface area contributed by atoms with Crippen LogP contribution in [0.3, 0.4) is 0 Å². The summed E-state index contributed by atoms with van der Waals surface area (Å²) in [4.78, 5) is 61.0. The van der Waals surface area contributed by atoms with E-state index in [0.717, 1.165) is 23.6 Å². The van der Waals surface area contributed by atoms with Gasteiger partial charge in [-0.25, -0.2) is 9.78 Å². The number of oxime groups is 1. The number of aromatic nitrogens is 4. The van der Waals surface area contributed by atoms with Crippen LogP contribution in [0, 0.1) is 0 Å². The van der Waals surface area contributed by atoms with Crippen LogP contribution in [0.15, 0.2) is 48.0 Å². The fourth-order valence-corrected chi connectivity index (χ4v) is 7.31. The summed E-state index contributed by atoms with van der Waals surface area (Å²) in [7, 11) is 0. The molecule has 5 heterocycles. The van der Waals surface area contributed by atoms with E-state index < -0.39 is 47.7 Å². The Labute approximate surface area is 245 Å². The summed E-state index contributed by atoms with van der Waals surface area (Å²) in [6.07, 6.45) is 0.774. The molecule has 0 saturated carbocycles. The van der Waals surface area contributed by atoms with Crippen LogP contribution in [0.25, 0.3) is 0 Å². The van der Waals surface area contributed by atoms with Gasteiger partial charge in [0.15, 0.2) is 27.5 Å². The molecule has 2 aliphatic rings. The van der Waals surface area contributed by atoms with E-state index >= 15 is 0 Å². The summed E-state index contributed by atoms with van der Waals surface area (Å²) < 4.78 is 1.12. The van der Waals surface area contributed by atoms with Crippen molar-refractivity contribution in [1.29, 1.82) is 0 Å². The third-order valence-corrected chi connectivity index (χ3v) is 9.68. The Morgan fingerprint density at radius 1 is 1.32 bits per heavy atom. The maximum absolute atomic E-state index is 13.2. The van der Waals surface area contributed by atoms with E-state index in [-0.39, 0.29) is 33.7 Å². The van der Waals surface area contributed by atoms with Gasteiger partial charge in [-0.15, -0.1) is 33.3 Å². The molecule has 1 fully saturated rings. The topological polar surface area (TPSA) is 235 Å². The standard InChI is InChI=1S/C21H18N8O8S4/c22-20-24-9(4-39-20)14(27-37-3-8-1-11(30)12(31)2-28(8)36)17(32)25-15-10-5-38-13(6-40-21-26-23-7-41-21)16(19(34)35)29(10)18(15)33/h1-2,4,7,10,15,31,36H,3,5-6H2,(H2,22,24)(H,25,32)(H,34,35)/b27-14-/t10-,15+/m1/s1. The lowest BCUT2D eigenvalue weighted by Gasteiger charge is -2.49. The fraction of sp³-hybridized carbons (Fsp3) is 0.238. The molecule has 0 aliphatic carbocycles. The number of amides is 2. The minimum Gasteiger partial charge on any atom is -0.503 e. The third-order valence-electron chi connectivity index (χ3n) is 5.75. The Bertz CT molecular complexity index is 1640. The average molecular weight is 639 g/mol. The molecule has 3 aromatic rings. The molecular formula is C21H18N8O8S4. The first-order valence-corrected chi connectivity index (χ1v) is 15.0. The van der Waals surface area contributed by atoms with Gasteiger partial charge in [-0.05, 0) is 0 Å². The number of thiazole rings is 1. The molecule has 6 N–H and O–H groups in total. The van der Waals surface area contributed by atoms with Gasteiger partial charge in [-0.3, -0.25) is 19.3 Å². The molecule has 0 radical (unpaired) electrons. The van der Waals surface area contributed by atoms with Crippen molar-refractivity contribution in [2.45, 2.75) is 23.0 Å². The van der Waals surface area contributed by atoms with Gasteiger partial charge in [0.05, 0.1) is 12.2 Å². The molecule has 20 heteroatoms. The highest BCUT2D eigenvalue weighted by Gasteiger charge is 2.54. The smallest absolute Gasteiger partial charge is 0.353 e. The molecule has 2 atom stereocenters. The Kier molecular flexibility index (Phi) is 8.15. The van der Waals surface area contributed by atoms with Crippen molar-refractivity contribution in [3.8, 4) is 5.75 Å². The van der Waals surface area contributed by atoms with E-state index in [1.807, 2.05) is 0 Å². The van der Waals surface area contributed by atoms with Gasteiger partial charge in [0.2, 0.25) is 5.43 Å². The number of nitrogen functional groups attached to an aromatic ring is 1. The Balaban J connectivity index is 1.31. The molecule has 0 bridgehead atoms. The van der Waals surface area contributed by atoms with Crippen LogP contribution in [0.2, 0.25) is 0 Å². The first-order valence-electron chi connectivity index (χ1n) is 11.3. The third kappa shape index (κ3) is 5.85. The van der Waals surface area contributed by atoms with E-state index in [4.69, 9.17) is 10.6 Å². The number of aromatic hydroxyl groups is 1. The minimum atomic E-state index is -1.27.